The predicted molar refractivity (Wildman–Crippen MR) is 517 cm³/mol. The van der Waals surface area contributed by atoms with Gasteiger partial charge in [-0.05, 0) is 141 Å². The van der Waals surface area contributed by atoms with Crippen molar-refractivity contribution in [1.29, 1.82) is 0 Å². The molecule has 11 aromatic heterocycles. The van der Waals surface area contributed by atoms with Gasteiger partial charge in [0.05, 0.1) is 36.3 Å². The van der Waals surface area contributed by atoms with Crippen molar-refractivity contribution in [3.8, 4) is 22.9 Å². The molecule has 0 radical (unpaired) electrons. The molecule has 0 amide bonds. The molecule has 684 valence electrons. The topological polar surface area (TPSA) is 357 Å². The van der Waals surface area contributed by atoms with Crippen LogP contribution in [0.2, 0.25) is 0 Å². The summed E-state index contributed by atoms with van der Waals surface area (Å²) in [6.45, 7) is 35.9. The molecule has 2 aliphatic carbocycles. The van der Waals surface area contributed by atoms with Gasteiger partial charge in [-0.1, -0.05) is 222 Å². The number of benzene rings is 3. The van der Waals surface area contributed by atoms with Crippen molar-refractivity contribution in [2.45, 2.75) is 195 Å². The number of hydrogen-bond acceptors (Lipinski definition) is 19. The van der Waals surface area contributed by atoms with Gasteiger partial charge in [-0.3, -0.25) is 28.2 Å². The Labute approximate surface area is 751 Å². The molecule has 16 rings (SSSR count). The second-order valence-corrected chi connectivity index (χ2v) is 25.7. The Morgan fingerprint density at radius 1 is 0.271 bits per heavy atom. The van der Waals surface area contributed by atoms with E-state index in [-0.39, 0.29) is 45.5 Å². The molecule has 2 aliphatic rings. The van der Waals surface area contributed by atoms with Crippen LogP contribution in [-0.2, 0) is 13.1 Å². The second kappa shape index (κ2) is 61.0. The van der Waals surface area contributed by atoms with Crippen LogP contribution in [0.4, 0.5) is 0 Å². The minimum absolute atomic E-state index is 0.0139. The molecule has 2 fully saturated rings. The Balaban J connectivity index is 0.000000304. The molecule has 2 saturated carbocycles. The first-order valence-electron chi connectivity index (χ1n) is 43.2. The molecule has 0 spiro atoms. The van der Waals surface area contributed by atoms with Gasteiger partial charge in [0.15, 0.2) is 0 Å². The van der Waals surface area contributed by atoms with Crippen LogP contribution in [0.15, 0.2) is 302 Å². The number of nitrogens with zero attached hydrogens (tertiary/aromatic N) is 27. The van der Waals surface area contributed by atoms with Gasteiger partial charge >= 0.3 is 45.5 Å². The number of allylic oxidation sites excluding steroid dienone is 8. The summed E-state index contributed by atoms with van der Waals surface area (Å²) in [6.07, 6.45) is 56.0. The highest BCUT2D eigenvalue weighted by atomic mass is 16.2. The Kier molecular flexibility index (Phi) is 50.1. The third-order valence-electron chi connectivity index (χ3n) is 17.1. The highest BCUT2D eigenvalue weighted by molar-refractivity contribution is 5.33. The van der Waals surface area contributed by atoms with E-state index in [1.54, 1.807) is 203 Å². The molecule has 35 nitrogen and oxygen atoms in total. The monoisotopic (exact) mass is 1760 g/mol. The van der Waals surface area contributed by atoms with E-state index in [1.165, 1.54) is 100 Å². The van der Waals surface area contributed by atoms with E-state index >= 15 is 0 Å². The van der Waals surface area contributed by atoms with Gasteiger partial charge in [0.2, 0.25) is 0 Å². The van der Waals surface area contributed by atoms with Gasteiger partial charge in [0.1, 0.15) is 56.4 Å². The van der Waals surface area contributed by atoms with E-state index in [4.69, 9.17) is 0 Å². The molecule has 14 aromatic rings. The minimum Gasteiger partial charge on any atom is -0.278 e. The first-order valence-corrected chi connectivity index (χ1v) is 43.2. The van der Waals surface area contributed by atoms with Crippen molar-refractivity contribution in [2.24, 2.45) is 0 Å². The molecule has 0 saturated heterocycles. The van der Waals surface area contributed by atoms with Crippen LogP contribution in [0.25, 0.3) is 72.5 Å². The Morgan fingerprint density at radius 3 is 0.922 bits per heavy atom. The van der Waals surface area contributed by atoms with Gasteiger partial charge in [-0.2, -0.15) is 78.2 Å². The minimum atomic E-state index is -0.230. The van der Waals surface area contributed by atoms with Gasteiger partial charge in [-0.25, -0.2) is 61.6 Å². The average molecular weight is 1760 g/mol. The summed E-state index contributed by atoms with van der Waals surface area (Å²) >= 11 is 0. The maximum atomic E-state index is 11.9. The molecule has 11 heterocycles. The van der Waals surface area contributed by atoms with E-state index in [0.717, 1.165) is 48.2 Å². The molecule has 0 atom stereocenters. The Hall–Kier alpha value is -15.5. The maximum absolute atomic E-state index is 11.9. The summed E-state index contributed by atoms with van der Waals surface area (Å²) < 4.78 is 22.9. The predicted octanol–water partition coefficient (Wildman–Crippen LogP) is 15.5. The summed E-state index contributed by atoms with van der Waals surface area (Å²) in [5.74, 6) is 0.568. The fraction of sp³-hybridized carbons (Fsp3) is 0.309. The molecule has 0 aliphatic heterocycles. The highest BCUT2D eigenvalue weighted by Gasteiger charge is 2.26. The molecule has 3 aromatic carbocycles. The van der Waals surface area contributed by atoms with E-state index in [9.17, 15) is 38.4 Å². The van der Waals surface area contributed by atoms with Crippen LogP contribution in [0.3, 0.4) is 0 Å². The van der Waals surface area contributed by atoms with Crippen LogP contribution in [0, 0.1) is 0 Å². The van der Waals surface area contributed by atoms with Crippen molar-refractivity contribution in [3.05, 3.63) is 359 Å². The van der Waals surface area contributed by atoms with Gasteiger partial charge in [-0.15, -0.1) is 0 Å². The first kappa shape index (κ1) is 106. The normalized spacial score (nSPS) is 11.9. The summed E-state index contributed by atoms with van der Waals surface area (Å²) in [5.41, 5.74) is 3.36. The second-order valence-electron chi connectivity index (χ2n) is 25.7. The lowest BCUT2D eigenvalue weighted by atomic mass is 9.95. The molecule has 129 heavy (non-hydrogen) atoms. The first-order chi connectivity index (χ1) is 63.1. The van der Waals surface area contributed by atoms with Gasteiger partial charge < -0.3 is 0 Å². The lowest BCUT2D eigenvalue weighted by Crippen LogP contribution is -2.26. The Bertz CT molecular complexity index is 5680. The number of rotatable bonds is 18. The fourth-order valence-corrected chi connectivity index (χ4v) is 11.3. The SMILES string of the molecule is C/C=C/n1ncn(-c2ccccc2)c1=O.C/C=C/n1ncn(-c2ccccn2)c1=O.C/C=C/n1ncn(-c2cccnc2)c1=O.C/C=C/n1ncn(-c2ccncc2)c1=O.C/C=C/n1ncn(C2CC2)c1=O.C/C=C/n1ncn(C2CCCCC2)c1=O.C/C=C/n1ncn(Cc2ccccc2)c1=O.C/C=C/n1ncn(Cc2ccccc2)c1=O.CC.CC.CC.CC.CC. The number of pyridine rings is 3. The lowest BCUT2D eigenvalue weighted by Gasteiger charge is -2.21. The Morgan fingerprint density at radius 2 is 0.574 bits per heavy atom. The smallest absolute Gasteiger partial charge is 0.278 e. The fourth-order valence-electron chi connectivity index (χ4n) is 11.3. The molecule has 35 heteroatoms. The largest absolute Gasteiger partial charge is 0.355 e. The van der Waals surface area contributed by atoms with Crippen LogP contribution < -0.4 is 45.5 Å². The van der Waals surface area contributed by atoms with Crippen molar-refractivity contribution in [1.82, 2.24) is 130 Å². The highest BCUT2D eigenvalue weighted by Crippen LogP contribution is 2.33. The summed E-state index contributed by atoms with van der Waals surface area (Å²) in [7, 11) is 0. The standard InChI is InChI=1S/2C12H13N3O.C11H17N3O.C11H11N3O.3C10H10N4O.C8H11N3O.5C2H6/c2*1-2-8-15-12(16)14(10-13-15)9-11-6-4-3-5-7-11;2*1-2-8-14-11(15)13(9-12-14)10-6-4-3-5-7-10;1-2-7-14-10(15)13(8-12-14)9-3-5-11-6-4-9;1-2-7-14-10(15)13(8-12-14)9-5-3-4-6-11-9;1-2-6-14-10(15)13(8-12-14)9-4-3-5-11-7-9;1-2-5-11-8(12)10(6-9-11)7-3-4-7;5*1-2/h2*2-8,10H,9H2,1H3;2,8-10H,3-7H2,1H3;2-9H,1H3;3*2-8H,1H3;2,5-7H,3-4H2,1H3;5*1-2H3/b4*8-2+;2*7-2+;6-2+;5-2+;;;;;. The third kappa shape index (κ3) is 33.2. The quantitative estimate of drug-likeness (QED) is 0.0770. The molecule has 0 N–H and O–H groups in total. The average Bonchev–Trinajstić information content (AvgIpc) is 1.66. The van der Waals surface area contributed by atoms with Crippen LogP contribution in [0.1, 0.15) is 193 Å². The van der Waals surface area contributed by atoms with Gasteiger partial charge in [0, 0.05) is 86.5 Å². The number of para-hydroxylation sites is 1. The van der Waals surface area contributed by atoms with Crippen molar-refractivity contribution in [2.75, 3.05) is 0 Å². The van der Waals surface area contributed by atoms with Crippen molar-refractivity contribution < 1.29 is 0 Å². The van der Waals surface area contributed by atoms with E-state index in [0.29, 0.717) is 36.7 Å². The molecular formula is C94H125N27O8. The van der Waals surface area contributed by atoms with Crippen LogP contribution >= 0.6 is 0 Å². The molecule has 0 bridgehead atoms. The lowest BCUT2D eigenvalue weighted by molar-refractivity contribution is 0.346. The molecular weight excluding hydrogens is 1640 g/mol. The van der Waals surface area contributed by atoms with Crippen molar-refractivity contribution in [3.63, 3.8) is 0 Å². The zero-order chi connectivity index (χ0) is 94.7. The zero-order valence-electron chi connectivity index (χ0n) is 77.3. The van der Waals surface area contributed by atoms with Crippen molar-refractivity contribution >= 4 is 49.6 Å². The summed E-state index contributed by atoms with van der Waals surface area (Å²) in [4.78, 5) is 106. The van der Waals surface area contributed by atoms with E-state index < -0.39 is 0 Å². The number of aromatic nitrogens is 27. The van der Waals surface area contributed by atoms with Crippen LogP contribution in [0.5, 0.6) is 0 Å². The third-order valence-corrected chi connectivity index (χ3v) is 17.1. The summed E-state index contributed by atoms with van der Waals surface area (Å²) in [6, 6.07) is 42.3. The maximum Gasteiger partial charge on any atom is 0.355 e. The van der Waals surface area contributed by atoms with Gasteiger partial charge in [0.25, 0.3) is 0 Å². The van der Waals surface area contributed by atoms with E-state index in [1.807, 2.05) is 228 Å². The summed E-state index contributed by atoms with van der Waals surface area (Å²) in [5, 5.41) is 31.7. The zero-order valence-corrected chi connectivity index (χ0v) is 77.3. The molecule has 0 unspecified atom stereocenters. The van der Waals surface area contributed by atoms with Crippen LogP contribution in [-0.4, -0.2) is 130 Å². The van der Waals surface area contributed by atoms with E-state index in [2.05, 4.69) is 55.7 Å². The number of hydrogen-bond donors (Lipinski definition) is 0.